The number of fused-ring (bicyclic) bond motifs is 1. The van der Waals surface area contributed by atoms with Crippen LogP contribution in [0, 0.1) is 17.0 Å². The molecule has 0 radical (unpaired) electrons. The smallest absolute Gasteiger partial charge is 0.267 e. The van der Waals surface area contributed by atoms with E-state index in [4.69, 9.17) is 0 Å². The first-order valence-corrected chi connectivity index (χ1v) is 8.56. The van der Waals surface area contributed by atoms with Crippen molar-refractivity contribution in [1.29, 1.82) is 0 Å². The molecule has 0 saturated carbocycles. The summed E-state index contributed by atoms with van der Waals surface area (Å²) in [5, 5.41) is 19.0. The highest BCUT2D eigenvalue weighted by Crippen LogP contribution is 2.18. The quantitative estimate of drug-likeness (QED) is 0.412. The van der Waals surface area contributed by atoms with Gasteiger partial charge in [-0.05, 0) is 30.7 Å². The third-order valence-electron chi connectivity index (χ3n) is 3.96. The topological polar surface area (TPSA) is 90.4 Å². The molecule has 7 nitrogen and oxygen atoms in total. The number of rotatable bonds is 3. The predicted molar refractivity (Wildman–Crippen MR) is 99.2 cm³/mol. The number of aryl methyl sites for hydroxylation is 1. The van der Waals surface area contributed by atoms with Crippen LogP contribution in [0.4, 0.5) is 5.69 Å². The predicted octanol–water partition coefficient (Wildman–Crippen LogP) is 2.58. The fourth-order valence-corrected chi connectivity index (χ4v) is 3.51. The van der Waals surface area contributed by atoms with E-state index in [0.717, 1.165) is 11.1 Å². The zero-order chi connectivity index (χ0) is 18.3. The Kier molecular flexibility index (Phi) is 3.81. The minimum Gasteiger partial charge on any atom is -0.267 e. The molecule has 0 bridgehead atoms. The van der Waals surface area contributed by atoms with Crippen LogP contribution in [-0.2, 0) is 0 Å². The molecule has 0 fully saturated rings. The van der Waals surface area contributed by atoms with Crippen molar-refractivity contribution in [3.05, 3.63) is 84.7 Å². The van der Waals surface area contributed by atoms with E-state index in [-0.39, 0.29) is 11.2 Å². The molecule has 128 valence electrons. The number of aromatic nitrogens is 3. The molecule has 8 heteroatoms. The minimum atomic E-state index is -0.457. The molecular formula is C18H12N4O3S. The zero-order valence-corrected chi connectivity index (χ0v) is 14.4. The number of non-ortho nitro benzene ring substituents is 1. The Morgan fingerprint density at radius 2 is 1.77 bits per heavy atom. The first-order chi connectivity index (χ1) is 12.5. The number of hydrogen-bond donors (Lipinski definition) is 0. The fraction of sp³-hybridized carbons (Fsp3) is 0.0556. The van der Waals surface area contributed by atoms with Crippen LogP contribution in [0.5, 0.6) is 0 Å². The zero-order valence-electron chi connectivity index (χ0n) is 13.6. The van der Waals surface area contributed by atoms with Gasteiger partial charge < -0.3 is 0 Å². The lowest BCUT2D eigenvalue weighted by Crippen LogP contribution is -2.23. The van der Waals surface area contributed by atoms with E-state index >= 15 is 0 Å². The van der Waals surface area contributed by atoms with Gasteiger partial charge in [0.15, 0.2) is 5.82 Å². The summed E-state index contributed by atoms with van der Waals surface area (Å²) in [4.78, 5) is 23.6. The third-order valence-corrected chi connectivity index (χ3v) is 4.92. The van der Waals surface area contributed by atoms with Gasteiger partial charge >= 0.3 is 0 Å². The molecule has 4 aromatic rings. The maximum Gasteiger partial charge on any atom is 0.276 e. The molecule has 0 atom stereocenters. The molecule has 4 rings (SSSR count). The Labute approximate surface area is 151 Å². The number of nitro benzene ring substituents is 1. The molecule has 2 aromatic carbocycles. The van der Waals surface area contributed by atoms with E-state index in [9.17, 15) is 14.9 Å². The summed E-state index contributed by atoms with van der Waals surface area (Å²) in [6.07, 6.45) is 1.70. The average Bonchev–Trinajstić information content (AvgIpc) is 3.17. The standard InChI is InChI=1S/C18H12N4O3S/c1-11-2-6-13(7-3-11)16-19-20-18-21(16)17(23)15(26-18)10-12-4-8-14(9-5-12)22(24)25/h2-10H,1H3/b15-10-. The van der Waals surface area contributed by atoms with Crippen LogP contribution in [0.1, 0.15) is 11.1 Å². The molecule has 2 heterocycles. The third kappa shape index (κ3) is 2.76. The van der Waals surface area contributed by atoms with Gasteiger partial charge in [0.2, 0.25) is 4.96 Å². The molecule has 0 saturated heterocycles. The Hall–Kier alpha value is -3.39. The van der Waals surface area contributed by atoms with Gasteiger partial charge in [0, 0.05) is 17.7 Å². The monoisotopic (exact) mass is 364 g/mol. The molecule has 0 aliphatic rings. The molecule has 0 amide bonds. The summed E-state index contributed by atoms with van der Waals surface area (Å²) < 4.78 is 1.99. The second-order valence-corrected chi connectivity index (χ2v) is 6.78. The van der Waals surface area contributed by atoms with E-state index in [1.165, 1.54) is 27.9 Å². The number of hydrogen-bond acceptors (Lipinski definition) is 6. The molecular weight excluding hydrogens is 352 g/mol. The van der Waals surface area contributed by atoms with E-state index in [1.54, 1.807) is 18.2 Å². The van der Waals surface area contributed by atoms with Crippen molar-refractivity contribution in [3.8, 4) is 11.4 Å². The van der Waals surface area contributed by atoms with E-state index in [1.807, 2.05) is 31.2 Å². The van der Waals surface area contributed by atoms with Gasteiger partial charge in [-0.25, -0.2) is 4.40 Å². The van der Waals surface area contributed by atoms with Crippen LogP contribution in [0.3, 0.4) is 0 Å². The largest absolute Gasteiger partial charge is 0.276 e. The molecule has 0 N–H and O–H groups in total. The van der Waals surface area contributed by atoms with Crippen LogP contribution < -0.4 is 10.1 Å². The van der Waals surface area contributed by atoms with Crippen LogP contribution in [0.2, 0.25) is 0 Å². The highest BCUT2D eigenvalue weighted by Gasteiger charge is 2.14. The maximum atomic E-state index is 12.8. The van der Waals surface area contributed by atoms with Crippen molar-refractivity contribution in [2.45, 2.75) is 6.92 Å². The number of thiazole rings is 1. The van der Waals surface area contributed by atoms with Crippen LogP contribution >= 0.6 is 11.3 Å². The summed E-state index contributed by atoms with van der Waals surface area (Å²) in [7, 11) is 0. The first kappa shape index (κ1) is 16.1. The second kappa shape index (κ2) is 6.16. The van der Waals surface area contributed by atoms with E-state index in [2.05, 4.69) is 10.2 Å². The van der Waals surface area contributed by atoms with Crippen molar-refractivity contribution in [1.82, 2.24) is 14.6 Å². The van der Waals surface area contributed by atoms with Gasteiger partial charge in [0.05, 0.1) is 9.46 Å². The Morgan fingerprint density at radius 1 is 1.08 bits per heavy atom. The number of nitrogens with zero attached hydrogens (tertiary/aromatic N) is 4. The number of benzene rings is 2. The van der Waals surface area contributed by atoms with Gasteiger partial charge in [-0.15, -0.1) is 10.2 Å². The molecule has 0 unspecified atom stereocenters. The van der Waals surface area contributed by atoms with Crippen molar-refractivity contribution in [2.24, 2.45) is 0 Å². The molecule has 0 aliphatic carbocycles. The molecule has 2 aromatic heterocycles. The van der Waals surface area contributed by atoms with Gasteiger partial charge in [-0.3, -0.25) is 14.9 Å². The van der Waals surface area contributed by atoms with Gasteiger partial charge in [-0.1, -0.05) is 41.2 Å². The SMILES string of the molecule is Cc1ccc(-c2nnc3s/c(=C\c4ccc([N+](=O)[O-])cc4)c(=O)n23)cc1. The Balaban J connectivity index is 1.82. The summed E-state index contributed by atoms with van der Waals surface area (Å²) in [6.45, 7) is 1.99. The highest BCUT2D eigenvalue weighted by atomic mass is 32.1. The second-order valence-electron chi connectivity index (χ2n) is 5.77. The van der Waals surface area contributed by atoms with Crippen LogP contribution in [-0.4, -0.2) is 19.5 Å². The van der Waals surface area contributed by atoms with Crippen LogP contribution in [0.15, 0.2) is 53.3 Å². The van der Waals surface area contributed by atoms with Gasteiger partial charge in [0.1, 0.15) is 0 Å². The summed E-state index contributed by atoms with van der Waals surface area (Å²) in [5.41, 5.74) is 2.46. The van der Waals surface area contributed by atoms with E-state index in [0.29, 0.717) is 20.9 Å². The maximum absolute atomic E-state index is 12.8. The first-order valence-electron chi connectivity index (χ1n) is 7.74. The van der Waals surface area contributed by atoms with Crippen molar-refractivity contribution in [3.63, 3.8) is 0 Å². The average molecular weight is 364 g/mol. The molecule has 26 heavy (non-hydrogen) atoms. The van der Waals surface area contributed by atoms with E-state index < -0.39 is 4.92 Å². The fourth-order valence-electron chi connectivity index (χ4n) is 2.60. The summed E-state index contributed by atoms with van der Waals surface area (Å²) >= 11 is 1.24. The molecule has 0 spiro atoms. The van der Waals surface area contributed by atoms with Crippen molar-refractivity contribution in [2.75, 3.05) is 0 Å². The Bertz CT molecular complexity index is 1220. The van der Waals surface area contributed by atoms with Crippen molar-refractivity contribution < 1.29 is 4.92 Å². The summed E-state index contributed by atoms with van der Waals surface area (Å²) in [6, 6.07) is 13.8. The Morgan fingerprint density at radius 3 is 2.42 bits per heavy atom. The van der Waals surface area contributed by atoms with Crippen LogP contribution in [0.25, 0.3) is 22.4 Å². The lowest BCUT2D eigenvalue weighted by atomic mass is 10.1. The lowest BCUT2D eigenvalue weighted by molar-refractivity contribution is -0.384. The van der Waals surface area contributed by atoms with Crippen molar-refractivity contribution >= 4 is 28.1 Å². The lowest BCUT2D eigenvalue weighted by Gasteiger charge is -1.97. The van der Waals surface area contributed by atoms with Gasteiger partial charge in [-0.2, -0.15) is 0 Å². The van der Waals surface area contributed by atoms with Gasteiger partial charge in [0.25, 0.3) is 11.2 Å². The summed E-state index contributed by atoms with van der Waals surface area (Å²) in [5.74, 6) is 0.504. The molecule has 0 aliphatic heterocycles. The normalized spacial score (nSPS) is 12.0. The highest BCUT2D eigenvalue weighted by molar-refractivity contribution is 7.15. The number of nitro groups is 1. The minimum absolute atomic E-state index is 0.0105.